The van der Waals surface area contributed by atoms with Crippen LogP contribution in [-0.4, -0.2) is 56.7 Å². The molecule has 11 heteroatoms. The molecule has 158 valence electrons. The number of nitrogens with one attached hydrogen (secondary N) is 2. The van der Waals surface area contributed by atoms with Crippen LogP contribution in [0.4, 0.5) is 20.2 Å². The van der Waals surface area contributed by atoms with Gasteiger partial charge in [-0.15, -0.1) is 0 Å². The Balaban J connectivity index is 1.75. The van der Waals surface area contributed by atoms with Crippen LogP contribution in [0.15, 0.2) is 18.2 Å². The van der Waals surface area contributed by atoms with Crippen LogP contribution < -0.4 is 26.0 Å². The van der Waals surface area contributed by atoms with E-state index in [1.165, 1.54) is 23.1 Å². The minimum atomic E-state index is -3.12. The molecule has 1 aliphatic carbocycles. The molecule has 0 bridgehead atoms. The van der Waals surface area contributed by atoms with Crippen molar-refractivity contribution in [1.29, 1.82) is 0 Å². The SMILES string of the molecule is NC[C@@H](NC(=O)C1CC1)C(=O)Nc1ccc(N2CCOCC2=O)c(OC(F)F)c1. The van der Waals surface area contributed by atoms with E-state index in [9.17, 15) is 23.2 Å². The van der Waals surface area contributed by atoms with Gasteiger partial charge in [0.1, 0.15) is 12.6 Å². The summed E-state index contributed by atoms with van der Waals surface area (Å²) in [5, 5.41) is 5.10. The molecule has 1 atom stereocenters. The van der Waals surface area contributed by atoms with Gasteiger partial charge in [0.05, 0.1) is 12.3 Å². The minimum absolute atomic E-state index is 0.0896. The van der Waals surface area contributed by atoms with Crippen molar-refractivity contribution in [3.05, 3.63) is 18.2 Å². The zero-order chi connectivity index (χ0) is 21.0. The first kappa shape index (κ1) is 20.9. The number of carbonyl (C=O) groups is 3. The highest BCUT2D eigenvalue weighted by Crippen LogP contribution is 2.33. The van der Waals surface area contributed by atoms with Crippen LogP contribution in [0.2, 0.25) is 0 Å². The summed E-state index contributed by atoms with van der Waals surface area (Å²) in [7, 11) is 0. The minimum Gasteiger partial charge on any atom is -0.433 e. The Morgan fingerprint density at radius 3 is 2.72 bits per heavy atom. The number of ether oxygens (including phenoxy) is 2. The molecule has 2 aliphatic rings. The molecule has 0 unspecified atom stereocenters. The van der Waals surface area contributed by atoms with Gasteiger partial charge in [-0.1, -0.05) is 0 Å². The Labute approximate surface area is 165 Å². The van der Waals surface area contributed by atoms with Crippen molar-refractivity contribution in [1.82, 2.24) is 5.32 Å². The number of anilines is 2. The average Bonchev–Trinajstić information content (AvgIpc) is 3.52. The Kier molecular flexibility index (Phi) is 6.60. The number of halogens is 2. The second-order valence-corrected chi connectivity index (χ2v) is 6.72. The summed E-state index contributed by atoms with van der Waals surface area (Å²) >= 11 is 0. The first-order valence-corrected chi connectivity index (χ1v) is 9.17. The molecule has 4 N–H and O–H groups in total. The first-order chi connectivity index (χ1) is 13.9. The Bertz CT molecular complexity index is 788. The largest absolute Gasteiger partial charge is 0.433 e. The summed E-state index contributed by atoms with van der Waals surface area (Å²) in [6.07, 6.45) is 1.56. The lowest BCUT2D eigenvalue weighted by Gasteiger charge is -2.28. The molecular formula is C18H22F2N4O5. The van der Waals surface area contributed by atoms with Gasteiger partial charge < -0.3 is 30.7 Å². The van der Waals surface area contributed by atoms with Crippen LogP contribution in [0, 0.1) is 5.92 Å². The van der Waals surface area contributed by atoms with Crippen molar-refractivity contribution in [2.24, 2.45) is 11.7 Å². The van der Waals surface area contributed by atoms with Crippen molar-refractivity contribution < 1.29 is 32.6 Å². The predicted octanol–water partition coefficient (Wildman–Crippen LogP) is 0.443. The number of nitrogens with zero attached hydrogens (tertiary/aromatic N) is 1. The highest BCUT2D eigenvalue weighted by Gasteiger charge is 2.32. The van der Waals surface area contributed by atoms with E-state index in [0.29, 0.717) is 0 Å². The molecule has 1 saturated carbocycles. The van der Waals surface area contributed by atoms with Crippen LogP contribution in [0.3, 0.4) is 0 Å². The molecule has 1 heterocycles. The number of nitrogens with two attached hydrogens (primary N) is 1. The molecule has 0 radical (unpaired) electrons. The second-order valence-electron chi connectivity index (χ2n) is 6.72. The summed E-state index contributed by atoms with van der Waals surface area (Å²) in [5.41, 5.74) is 5.88. The summed E-state index contributed by atoms with van der Waals surface area (Å²) < 4.78 is 35.3. The fourth-order valence-corrected chi connectivity index (χ4v) is 2.87. The second kappa shape index (κ2) is 9.14. The van der Waals surface area contributed by atoms with Crippen LogP contribution in [-0.2, 0) is 19.1 Å². The van der Waals surface area contributed by atoms with E-state index < -0.39 is 24.5 Å². The van der Waals surface area contributed by atoms with E-state index in [2.05, 4.69) is 15.4 Å². The number of amides is 3. The standard InChI is InChI=1S/C18H22F2N4O5/c19-18(20)29-14-7-11(3-4-13(14)24-5-6-28-9-15(24)25)22-17(27)12(8-21)23-16(26)10-1-2-10/h3-4,7,10,12,18H,1-2,5-6,8-9,21H2,(H,22,27)(H,23,26)/t12-/m1/s1. The molecule has 3 amide bonds. The van der Waals surface area contributed by atoms with Gasteiger partial charge in [-0.3, -0.25) is 14.4 Å². The normalized spacial score (nSPS) is 17.8. The van der Waals surface area contributed by atoms with E-state index in [1.54, 1.807) is 0 Å². The van der Waals surface area contributed by atoms with Gasteiger partial charge in [-0.2, -0.15) is 8.78 Å². The molecule has 3 rings (SSSR count). The summed E-state index contributed by atoms with van der Waals surface area (Å²) in [6.45, 7) is -2.95. The average molecular weight is 412 g/mol. The fourth-order valence-electron chi connectivity index (χ4n) is 2.87. The van der Waals surface area contributed by atoms with Gasteiger partial charge in [0.15, 0.2) is 5.75 Å². The number of hydrogen-bond donors (Lipinski definition) is 3. The maximum atomic E-state index is 12.9. The van der Waals surface area contributed by atoms with Gasteiger partial charge in [-0.05, 0) is 25.0 Å². The third-order valence-electron chi connectivity index (χ3n) is 4.54. The third kappa shape index (κ3) is 5.39. The third-order valence-corrected chi connectivity index (χ3v) is 4.54. The quantitative estimate of drug-likeness (QED) is 0.570. The Morgan fingerprint density at radius 2 is 2.10 bits per heavy atom. The number of rotatable bonds is 8. The van der Waals surface area contributed by atoms with Gasteiger partial charge in [-0.25, -0.2) is 0 Å². The number of carbonyl (C=O) groups excluding carboxylic acids is 3. The number of hydrogen-bond acceptors (Lipinski definition) is 6. The van der Waals surface area contributed by atoms with E-state index in [-0.39, 0.29) is 55.3 Å². The molecule has 29 heavy (non-hydrogen) atoms. The van der Waals surface area contributed by atoms with Crippen molar-refractivity contribution in [3.8, 4) is 5.75 Å². The van der Waals surface area contributed by atoms with Gasteiger partial charge in [0.25, 0.3) is 5.91 Å². The highest BCUT2D eigenvalue weighted by atomic mass is 19.3. The first-order valence-electron chi connectivity index (χ1n) is 9.17. The summed E-state index contributed by atoms with van der Waals surface area (Å²) in [6, 6.07) is 3.09. The molecule has 0 spiro atoms. The van der Waals surface area contributed by atoms with Crippen LogP contribution in [0.5, 0.6) is 5.75 Å². The zero-order valence-corrected chi connectivity index (χ0v) is 15.5. The Hall–Kier alpha value is -2.79. The smallest absolute Gasteiger partial charge is 0.387 e. The van der Waals surface area contributed by atoms with E-state index >= 15 is 0 Å². The lowest BCUT2D eigenvalue weighted by Crippen LogP contribution is -2.48. The zero-order valence-electron chi connectivity index (χ0n) is 15.5. The Morgan fingerprint density at radius 1 is 1.34 bits per heavy atom. The molecule has 1 aliphatic heterocycles. The summed E-state index contributed by atoms with van der Waals surface area (Å²) in [4.78, 5) is 37.6. The molecule has 9 nitrogen and oxygen atoms in total. The van der Waals surface area contributed by atoms with Gasteiger partial charge >= 0.3 is 6.61 Å². The molecule has 2 fully saturated rings. The van der Waals surface area contributed by atoms with Crippen LogP contribution >= 0.6 is 0 Å². The van der Waals surface area contributed by atoms with Gasteiger partial charge in [0, 0.05) is 30.8 Å². The van der Waals surface area contributed by atoms with Crippen molar-refractivity contribution in [2.45, 2.75) is 25.5 Å². The predicted molar refractivity (Wildman–Crippen MR) is 98.6 cm³/mol. The molecule has 1 saturated heterocycles. The van der Waals surface area contributed by atoms with E-state index in [0.717, 1.165) is 12.8 Å². The number of morpholine rings is 1. The van der Waals surface area contributed by atoms with Crippen LogP contribution in [0.25, 0.3) is 0 Å². The number of alkyl halides is 2. The molecule has 0 aromatic heterocycles. The van der Waals surface area contributed by atoms with Crippen LogP contribution in [0.1, 0.15) is 12.8 Å². The maximum Gasteiger partial charge on any atom is 0.387 e. The number of benzene rings is 1. The van der Waals surface area contributed by atoms with Crippen molar-refractivity contribution in [3.63, 3.8) is 0 Å². The maximum absolute atomic E-state index is 12.9. The lowest BCUT2D eigenvalue weighted by molar-refractivity contribution is -0.127. The van der Waals surface area contributed by atoms with Crippen molar-refractivity contribution in [2.75, 3.05) is 36.5 Å². The van der Waals surface area contributed by atoms with Gasteiger partial charge in [0.2, 0.25) is 11.8 Å². The van der Waals surface area contributed by atoms with E-state index in [4.69, 9.17) is 10.5 Å². The fraction of sp³-hybridized carbons (Fsp3) is 0.500. The molecular weight excluding hydrogens is 390 g/mol. The van der Waals surface area contributed by atoms with Crippen molar-refractivity contribution >= 4 is 29.1 Å². The molecule has 1 aromatic rings. The highest BCUT2D eigenvalue weighted by molar-refractivity contribution is 5.99. The monoisotopic (exact) mass is 412 g/mol. The lowest BCUT2D eigenvalue weighted by atomic mass is 10.2. The molecule has 1 aromatic carbocycles. The topological polar surface area (TPSA) is 123 Å². The summed E-state index contributed by atoms with van der Waals surface area (Å²) in [5.74, 6) is -1.57. The van der Waals surface area contributed by atoms with E-state index in [1.807, 2.05) is 0 Å².